The molecule has 1 heteroatoms. The van der Waals surface area contributed by atoms with Gasteiger partial charge in [0.1, 0.15) is 0 Å². The average molecular weight is 223 g/mol. The van der Waals surface area contributed by atoms with Gasteiger partial charge in [-0.05, 0) is 35.5 Å². The highest BCUT2D eigenvalue weighted by molar-refractivity contribution is 5.86. The van der Waals surface area contributed by atoms with E-state index < -0.39 is 0 Å². The van der Waals surface area contributed by atoms with Gasteiger partial charge in [0.2, 0.25) is 0 Å². The van der Waals surface area contributed by atoms with Crippen LogP contribution in [0.3, 0.4) is 0 Å². The van der Waals surface area contributed by atoms with Crippen molar-refractivity contribution in [2.45, 2.75) is 67.7 Å². The average Bonchev–Trinajstić information content (AvgIpc) is 1.93. The van der Waals surface area contributed by atoms with Gasteiger partial charge in [0.05, 0.1) is 0 Å². The van der Waals surface area contributed by atoms with Gasteiger partial charge in [-0.15, -0.1) is 0 Å². The van der Waals surface area contributed by atoms with Gasteiger partial charge in [-0.25, -0.2) is 0 Å². The van der Waals surface area contributed by atoms with Crippen LogP contribution < -0.4 is 0 Å². The standard InChI is InChI=1S/C15H29N/c1-13(2,3)11-16-12-8-14(4,5)10-15(6,7)9-12/h8-11H2,1-7H3. The lowest BCUT2D eigenvalue weighted by atomic mass is 9.64. The lowest BCUT2D eigenvalue weighted by Gasteiger charge is -2.41. The summed E-state index contributed by atoms with van der Waals surface area (Å²) < 4.78 is 0. The van der Waals surface area contributed by atoms with Crippen LogP contribution in [0.5, 0.6) is 0 Å². The van der Waals surface area contributed by atoms with Crippen molar-refractivity contribution in [3.05, 3.63) is 0 Å². The zero-order chi connectivity index (χ0) is 12.6. The van der Waals surface area contributed by atoms with Crippen LogP contribution in [-0.2, 0) is 0 Å². The van der Waals surface area contributed by atoms with Crippen LogP contribution in [0.1, 0.15) is 67.7 Å². The molecule has 0 aromatic rings. The Balaban J connectivity index is 2.75. The SMILES string of the molecule is CC(C)(C)CN=C1CC(C)(C)CC(C)(C)C1. The Hall–Kier alpha value is -0.330. The van der Waals surface area contributed by atoms with Gasteiger partial charge in [0.15, 0.2) is 0 Å². The summed E-state index contributed by atoms with van der Waals surface area (Å²) in [5.74, 6) is 0. The van der Waals surface area contributed by atoms with E-state index in [0.29, 0.717) is 16.2 Å². The Bertz CT molecular complexity index is 258. The molecule has 1 fully saturated rings. The number of nitrogens with zero attached hydrogens (tertiary/aromatic N) is 1. The lowest BCUT2D eigenvalue weighted by Crippen LogP contribution is -2.34. The van der Waals surface area contributed by atoms with E-state index in [9.17, 15) is 0 Å². The summed E-state index contributed by atoms with van der Waals surface area (Å²) in [6.07, 6.45) is 3.69. The molecule has 0 spiro atoms. The van der Waals surface area contributed by atoms with Gasteiger partial charge in [0, 0.05) is 12.3 Å². The molecule has 0 aromatic heterocycles. The second-order valence-corrected chi connectivity index (χ2v) is 8.30. The molecule has 0 N–H and O–H groups in total. The Morgan fingerprint density at radius 1 is 1.00 bits per heavy atom. The maximum atomic E-state index is 4.86. The summed E-state index contributed by atoms with van der Waals surface area (Å²) >= 11 is 0. The van der Waals surface area contributed by atoms with Gasteiger partial charge < -0.3 is 0 Å². The van der Waals surface area contributed by atoms with Gasteiger partial charge in [-0.3, -0.25) is 4.99 Å². The van der Waals surface area contributed by atoms with Gasteiger partial charge >= 0.3 is 0 Å². The van der Waals surface area contributed by atoms with E-state index in [1.165, 1.54) is 25.0 Å². The predicted octanol–water partition coefficient (Wildman–Crippen LogP) is 4.71. The molecule has 0 unspecified atom stereocenters. The van der Waals surface area contributed by atoms with Crippen molar-refractivity contribution in [3.63, 3.8) is 0 Å². The summed E-state index contributed by atoms with van der Waals surface area (Å²) in [5.41, 5.74) is 2.62. The highest BCUT2D eigenvalue weighted by Gasteiger charge is 2.36. The molecule has 1 saturated carbocycles. The molecule has 0 aromatic carbocycles. The third-order valence-corrected chi connectivity index (χ3v) is 3.10. The van der Waals surface area contributed by atoms with E-state index in [0.717, 1.165) is 6.54 Å². The van der Waals surface area contributed by atoms with Crippen molar-refractivity contribution in [1.29, 1.82) is 0 Å². The minimum atomic E-state index is 0.318. The van der Waals surface area contributed by atoms with E-state index in [-0.39, 0.29) is 0 Å². The first-order valence-corrected chi connectivity index (χ1v) is 6.51. The maximum Gasteiger partial charge on any atom is 0.0437 e. The summed E-state index contributed by atoms with van der Waals surface area (Å²) in [5, 5.41) is 0. The van der Waals surface area contributed by atoms with Gasteiger partial charge in [-0.1, -0.05) is 48.5 Å². The van der Waals surface area contributed by atoms with E-state index in [2.05, 4.69) is 48.5 Å². The molecule has 0 heterocycles. The highest BCUT2D eigenvalue weighted by Crippen LogP contribution is 2.44. The molecule has 94 valence electrons. The summed E-state index contributed by atoms with van der Waals surface area (Å²) in [6.45, 7) is 17.2. The third-order valence-electron chi connectivity index (χ3n) is 3.10. The molecule has 16 heavy (non-hydrogen) atoms. The zero-order valence-electron chi connectivity index (χ0n) is 12.3. The molecular weight excluding hydrogens is 194 g/mol. The van der Waals surface area contributed by atoms with Crippen molar-refractivity contribution in [2.75, 3.05) is 6.54 Å². The molecule has 0 amide bonds. The lowest BCUT2D eigenvalue weighted by molar-refractivity contribution is 0.181. The van der Waals surface area contributed by atoms with E-state index in [4.69, 9.17) is 4.99 Å². The van der Waals surface area contributed by atoms with Crippen molar-refractivity contribution in [1.82, 2.24) is 0 Å². The molecular formula is C15H29N. The largest absolute Gasteiger partial charge is 0.294 e. The molecule has 1 nitrogen and oxygen atoms in total. The molecule has 0 saturated heterocycles. The first kappa shape index (κ1) is 13.7. The van der Waals surface area contributed by atoms with E-state index in [1.807, 2.05) is 0 Å². The normalized spacial score (nSPS) is 24.3. The van der Waals surface area contributed by atoms with Crippen molar-refractivity contribution in [3.8, 4) is 0 Å². The highest BCUT2D eigenvalue weighted by atomic mass is 14.8. The third kappa shape index (κ3) is 4.67. The first-order chi connectivity index (χ1) is 6.99. The van der Waals surface area contributed by atoms with Crippen LogP contribution in [-0.4, -0.2) is 12.3 Å². The van der Waals surface area contributed by atoms with Gasteiger partial charge in [0.25, 0.3) is 0 Å². The molecule has 1 rings (SSSR count). The zero-order valence-corrected chi connectivity index (χ0v) is 12.3. The summed E-state index contributed by atoms with van der Waals surface area (Å²) in [6, 6.07) is 0. The molecule has 0 atom stereocenters. The Morgan fingerprint density at radius 2 is 1.44 bits per heavy atom. The Kier molecular flexibility index (Phi) is 3.57. The minimum absolute atomic E-state index is 0.318. The van der Waals surface area contributed by atoms with Crippen molar-refractivity contribution < 1.29 is 0 Å². The topological polar surface area (TPSA) is 12.4 Å². The number of aliphatic imine (C=N–C) groups is 1. The fraction of sp³-hybridized carbons (Fsp3) is 0.933. The fourth-order valence-corrected chi connectivity index (χ4v) is 3.05. The first-order valence-electron chi connectivity index (χ1n) is 6.51. The summed E-state index contributed by atoms with van der Waals surface area (Å²) in [7, 11) is 0. The summed E-state index contributed by atoms with van der Waals surface area (Å²) in [4.78, 5) is 4.86. The predicted molar refractivity (Wildman–Crippen MR) is 73.2 cm³/mol. The Morgan fingerprint density at radius 3 is 1.81 bits per heavy atom. The van der Waals surface area contributed by atoms with E-state index >= 15 is 0 Å². The maximum absolute atomic E-state index is 4.86. The molecule has 0 bridgehead atoms. The fourth-order valence-electron chi connectivity index (χ4n) is 3.05. The minimum Gasteiger partial charge on any atom is -0.294 e. The monoisotopic (exact) mass is 223 g/mol. The number of hydrogen-bond acceptors (Lipinski definition) is 1. The molecule has 1 aliphatic rings. The van der Waals surface area contributed by atoms with E-state index in [1.54, 1.807) is 0 Å². The van der Waals surface area contributed by atoms with Crippen LogP contribution in [0.2, 0.25) is 0 Å². The quantitative estimate of drug-likeness (QED) is 0.610. The second-order valence-electron chi connectivity index (χ2n) is 8.30. The number of hydrogen-bond donors (Lipinski definition) is 0. The molecule has 0 radical (unpaired) electrons. The van der Waals surface area contributed by atoms with Crippen LogP contribution in [0.15, 0.2) is 4.99 Å². The van der Waals surface area contributed by atoms with Crippen molar-refractivity contribution in [2.24, 2.45) is 21.2 Å². The van der Waals surface area contributed by atoms with Gasteiger partial charge in [-0.2, -0.15) is 0 Å². The van der Waals surface area contributed by atoms with Crippen LogP contribution >= 0.6 is 0 Å². The smallest absolute Gasteiger partial charge is 0.0437 e. The van der Waals surface area contributed by atoms with Crippen LogP contribution in [0.25, 0.3) is 0 Å². The van der Waals surface area contributed by atoms with Crippen LogP contribution in [0.4, 0.5) is 0 Å². The molecule has 0 aliphatic heterocycles. The Labute approximate surface area is 102 Å². The molecule has 1 aliphatic carbocycles. The van der Waals surface area contributed by atoms with Crippen molar-refractivity contribution >= 4 is 5.71 Å². The number of rotatable bonds is 1. The second kappa shape index (κ2) is 4.16. The van der Waals surface area contributed by atoms with Crippen LogP contribution in [0, 0.1) is 16.2 Å².